The van der Waals surface area contributed by atoms with Crippen LogP contribution in [0, 0.1) is 0 Å². The van der Waals surface area contributed by atoms with Gasteiger partial charge in [-0.05, 0) is 67.1 Å². The normalized spacial score (nSPS) is 13.9. The Morgan fingerprint density at radius 3 is 2.19 bits per heavy atom. The number of fused-ring (bicyclic) bond motifs is 1. The lowest BCUT2D eigenvalue weighted by atomic mass is 10.00. The first-order valence-corrected chi connectivity index (χ1v) is 13.3. The van der Waals surface area contributed by atoms with Crippen molar-refractivity contribution in [1.29, 1.82) is 0 Å². The third kappa shape index (κ3) is 5.19. The number of rotatable bonds is 8. The van der Waals surface area contributed by atoms with Crippen LogP contribution in [-0.4, -0.2) is 20.9 Å². The molecule has 0 unspecified atom stereocenters. The zero-order chi connectivity index (χ0) is 25.8. The van der Waals surface area contributed by atoms with Crippen molar-refractivity contribution in [3.05, 3.63) is 114 Å². The number of amides is 1. The molecule has 0 fully saturated rings. The number of nitrogens with one attached hydrogen (secondary N) is 3. The fourth-order valence-corrected chi connectivity index (χ4v) is 5.20. The SMILES string of the molecule is CCOc1ccc(NC(=C2C(=O)Nc3ccc(S(=O)(=O)Nc4ccccc4)cc32)c2ccccc2)cc1. The van der Waals surface area contributed by atoms with Gasteiger partial charge in [0.1, 0.15) is 5.75 Å². The van der Waals surface area contributed by atoms with Crippen LogP contribution in [-0.2, 0) is 14.8 Å². The van der Waals surface area contributed by atoms with Crippen LogP contribution in [0.25, 0.3) is 11.3 Å². The number of benzene rings is 4. The number of carbonyl (C=O) groups is 1. The fraction of sp³-hybridized carbons (Fsp3) is 0.0690. The summed E-state index contributed by atoms with van der Waals surface area (Å²) in [6, 6.07) is 30.2. The first kappa shape index (κ1) is 24.1. The first-order chi connectivity index (χ1) is 17.9. The topological polar surface area (TPSA) is 96.5 Å². The minimum atomic E-state index is -3.88. The molecule has 8 heteroatoms. The van der Waals surface area contributed by atoms with Crippen molar-refractivity contribution in [2.24, 2.45) is 0 Å². The molecular weight excluding hydrogens is 486 g/mol. The van der Waals surface area contributed by atoms with E-state index in [1.54, 1.807) is 30.3 Å². The van der Waals surface area contributed by atoms with Crippen molar-refractivity contribution < 1.29 is 17.9 Å². The van der Waals surface area contributed by atoms with Gasteiger partial charge in [-0.2, -0.15) is 0 Å². The highest BCUT2D eigenvalue weighted by Gasteiger charge is 2.30. The molecule has 0 spiro atoms. The van der Waals surface area contributed by atoms with Gasteiger partial charge >= 0.3 is 0 Å². The molecule has 1 aliphatic heterocycles. The summed E-state index contributed by atoms with van der Waals surface area (Å²) in [7, 11) is -3.88. The summed E-state index contributed by atoms with van der Waals surface area (Å²) < 4.78 is 34.4. The number of ether oxygens (including phenoxy) is 1. The molecular formula is C29H25N3O4S. The van der Waals surface area contributed by atoms with E-state index in [9.17, 15) is 13.2 Å². The Morgan fingerprint density at radius 2 is 1.51 bits per heavy atom. The van der Waals surface area contributed by atoms with Crippen LogP contribution in [0.15, 0.2) is 108 Å². The Bertz CT molecular complexity index is 1570. The smallest absolute Gasteiger partial charge is 0.261 e. The lowest BCUT2D eigenvalue weighted by Crippen LogP contribution is -2.13. The van der Waals surface area contributed by atoms with Gasteiger partial charge in [0, 0.05) is 22.6 Å². The van der Waals surface area contributed by atoms with Gasteiger partial charge < -0.3 is 15.4 Å². The maximum atomic E-state index is 13.2. The molecule has 0 saturated heterocycles. The van der Waals surface area contributed by atoms with E-state index in [0.717, 1.165) is 17.0 Å². The fourth-order valence-electron chi connectivity index (χ4n) is 4.11. The Morgan fingerprint density at radius 1 is 0.838 bits per heavy atom. The summed E-state index contributed by atoms with van der Waals surface area (Å²) >= 11 is 0. The lowest BCUT2D eigenvalue weighted by molar-refractivity contribution is -0.110. The second kappa shape index (κ2) is 10.2. The number of para-hydroxylation sites is 1. The van der Waals surface area contributed by atoms with Gasteiger partial charge in [-0.15, -0.1) is 0 Å². The highest BCUT2D eigenvalue weighted by molar-refractivity contribution is 7.92. The molecule has 0 radical (unpaired) electrons. The molecule has 0 atom stereocenters. The third-order valence-electron chi connectivity index (χ3n) is 5.82. The average molecular weight is 512 g/mol. The Labute approximate surface area is 215 Å². The molecule has 4 aromatic rings. The van der Waals surface area contributed by atoms with Gasteiger partial charge in [-0.1, -0.05) is 48.5 Å². The standard InChI is InChI=1S/C29H25N3O4S/c1-2-36-23-15-13-21(14-16-23)30-28(20-9-5-3-6-10-20)27-25-19-24(17-18-26(25)31-29(27)33)37(34,35)32-22-11-7-4-8-12-22/h3-19,30,32H,2H2,1H3,(H,31,33). The van der Waals surface area contributed by atoms with Crippen LogP contribution in [0.5, 0.6) is 5.75 Å². The van der Waals surface area contributed by atoms with Crippen LogP contribution in [0.2, 0.25) is 0 Å². The van der Waals surface area contributed by atoms with Crippen molar-refractivity contribution >= 4 is 44.3 Å². The molecule has 1 heterocycles. The van der Waals surface area contributed by atoms with E-state index in [1.807, 2.05) is 67.6 Å². The van der Waals surface area contributed by atoms with Crippen molar-refractivity contribution in [1.82, 2.24) is 0 Å². The lowest BCUT2D eigenvalue weighted by Gasteiger charge is -2.15. The summed E-state index contributed by atoms with van der Waals surface area (Å²) in [5.41, 5.74) is 3.95. The molecule has 7 nitrogen and oxygen atoms in total. The van der Waals surface area contributed by atoms with E-state index in [-0.39, 0.29) is 10.8 Å². The summed E-state index contributed by atoms with van der Waals surface area (Å²) in [5.74, 6) is 0.421. The first-order valence-electron chi connectivity index (χ1n) is 11.8. The van der Waals surface area contributed by atoms with Crippen molar-refractivity contribution in [3.63, 3.8) is 0 Å². The largest absolute Gasteiger partial charge is 0.494 e. The Hall–Kier alpha value is -4.56. The summed E-state index contributed by atoms with van der Waals surface area (Å²) in [6.45, 7) is 2.48. The monoisotopic (exact) mass is 511 g/mol. The number of hydrogen-bond donors (Lipinski definition) is 3. The predicted octanol–water partition coefficient (Wildman–Crippen LogP) is 5.82. The van der Waals surface area contributed by atoms with Crippen LogP contribution in [0.4, 0.5) is 17.1 Å². The molecule has 4 aromatic carbocycles. The molecule has 1 amide bonds. The maximum absolute atomic E-state index is 13.2. The Kier molecular flexibility index (Phi) is 6.66. The number of carbonyl (C=O) groups excluding carboxylic acids is 1. The van der Waals surface area contributed by atoms with Crippen molar-refractivity contribution in [3.8, 4) is 5.75 Å². The zero-order valence-corrected chi connectivity index (χ0v) is 20.9. The number of anilines is 3. The average Bonchev–Trinajstić information content (AvgIpc) is 3.24. The third-order valence-corrected chi connectivity index (χ3v) is 7.20. The van der Waals surface area contributed by atoms with Gasteiger partial charge in [0.25, 0.3) is 15.9 Å². The number of hydrogen-bond acceptors (Lipinski definition) is 5. The van der Waals surface area contributed by atoms with Gasteiger partial charge in [-0.3, -0.25) is 9.52 Å². The molecule has 1 aliphatic rings. The van der Waals surface area contributed by atoms with Gasteiger partial charge in [-0.25, -0.2) is 8.42 Å². The van der Waals surface area contributed by atoms with Gasteiger partial charge in [0.2, 0.25) is 0 Å². The van der Waals surface area contributed by atoms with Crippen LogP contribution in [0.3, 0.4) is 0 Å². The second-order valence-electron chi connectivity index (χ2n) is 8.33. The Balaban J connectivity index is 1.59. The molecule has 0 saturated carbocycles. The van der Waals surface area contributed by atoms with E-state index in [2.05, 4.69) is 15.4 Å². The van der Waals surface area contributed by atoms with Crippen molar-refractivity contribution in [2.45, 2.75) is 11.8 Å². The highest BCUT2D eigenvalue weighted by Crippen LogP contribution is 2.39. The minimum absolute atomic E-state index is 0.0533. The number of sulfonamides is 1. The molecule has 0 aromatic heterocycles. The summed E-state index contributed by atoms with van der Waals surface area (Å²) in [6.07, 6.45) is 0. The summed E-state index contributed by atoms with van der Waals surface area (Å²) in [4.78, 5) is 13.3. The van der Waals surface area contributed by atoms with Crippen molar-refractivity contribution in [2.75, 3.05) is 22.0 Å². The molecule has 5 rings (SSSR count). The molecule has 0 aliphatic carbocycles. The highest BCUT2D eigenvalue weighted by atomic mass is 32.2. The maximum Gasteiger partial charge on any atom is 0.261 e. The van der Waals surface area contributed by atoms with Crippen LogP contribution in [0.1, 0.15) is 18.1 Å². The van der Waals surface area contributed by atoms with Gasteiger partial charge in [0.05, 0.1) is 22.8 Å². The van der Waals surface area contributed by atoms with E-state index in [0.29, 0.717) is 34.8 Å². The van der Waals surface area contributed by atoms with E-state index >= 15 is 0 Å². The predicted molar refractivity (Wildman–Crippen MR) is 147 cm³/mol. The molecule has 186 valence electrons. The van der Waals surface area contributed by atoms with E-state index in [4.69, 9.17) is 4.74 Å². The van der Waals surface area contributed by atoms with Crippen LogP contribution >= 0.6 is 0 Å². The van der Waals surface area contributed by atoms with E-state index < -0.39 is 10.0 Å². The molecule has 37 heavy (non-hydrogen) atoms. The van der Waals surface area contributed by atoms with Crippen LogP contribution < -0.4 is 20.1 Å². The molecule has 0 bridgehead atoms. The summed E-state index contributed by atoms with van der Waals surface area (Å²) in [5, 5.41) is 6.24. The molecule has 3 N–H and O–H groups in total. The minimum Gasteiger partial charge on any atom is -0.494 e. The van der Waals surface area contributed by atoms with E-state index in [1.165, 1.54) is 12.1 Å². The quantitative estimate of drug-likeness (QED) is 0.259. The van der Waals surface area contributed by atoms with Gasteiger partial charge in [0.15, 0.2) is 0 Å². The second-order valence-corrected chi connectivity index (χ2v) is 10.0. The zero-order valence-electron chi connectivity index (χ0n) is 20.1.